The summed E-state index contributed by atoms with van der Waals surface area (Å²) in [6, 6.07) is 13.8. The topological polar surface area (TPSA) is 89.1 Å². The van der Waals surface area contributed by atoms with E-state index < -0.39 is 4.92 Å². The summed E-state index contributed by atoms with van der Waals surface area (Å²) in [4.78, 5) is 14.8. The fourth-order valence-corrected chi connectivity index (χ4v) is 2.91. The minimum atomic E-state index is -0.419. The number of non-ortho nitro benzene ring substituents is 1. The number of aliphatic imine (C=N–C) groups is 1. The Labute approximate surface area is 142 Å². The molecule has 1 aliphatic heterocycles. The van der Waals surface area contributed by atoms with Gasteiger partial charge in [-0.3, -0.25) is 15.5 Å². The van der Waals surface area contributed by atoms with E-state index >= 15 is 0 Å². The smallest absolute Gasteiger partial charge is 0.269 e. The van der Waals surface area contributed by atoms with Crippen LogP contribution in [0.15, 0.2) is 58.6 Å². The van der Waals surface area contributed by atoms with Gasteiger partial charge in [0.2, 0.25) is 0 Å². The van der Waals surface area contributed by atoms with Gasteiger partial charge in [-0.25, -0.2) is 4.99 Å². The zero-order valence-electron chi connectivity index (χ0n) is 12.8. The fraction of sp³-hybridized carbons (Fsp3) is 0.125. The average Bonchev–Trinajstić information content (AvgIpc) is 2.63. The second-order valence-electron chi connectivity index (χ2n) is 4.85. The molecule has 0 aromatic heterocycles. The molecule has 0 atom stereocenters. The second kappa shape index (κ2) is 7.14. The van der Waals surface area contributed by atoms with Gasteiger partial charge in [-0.15, -0.1) is 0 Å². The number of rotatable bonds is 4. The Balaban J connectivity index is 1.76. The number of nitro groups is 1. The predicted octanol–water partition coefficient (Wildman–Crippen LogP) is 3.33. The monoisotopic (exact) mass is 342 g/mol. The van der Waals surface area contributed by atoms with Gasteiger partial charge in [-0.1, -0.05) is 23.9 Å². The first-order valence-corrected chi connectivity index (χ1v) is 8.08. The summed E-state index contributed by atoms with van der Waals surface area (Å²) in [5.74, 6) is 1.32. The van der Waals surface area contributed by atoms with Gasteiger partial charge in [0.25, 0.3) is 5.69 Å². The zero-order valence-corrected chi connectivity index (χ0v) is 13.6. The van der Waals surface area contributed by atoms with E-state index in [-0.39, 0.29) is 5.69 Å². The molecule has 0 amide bonds. The largest absolute Gasteiger partial charge is 0.494 e. The van der Waals surface area contributed by atoms with Crippen LogP contribution < -0.4 is 10.2 Å². The fourth-order valence-electron chi connectivity index (χ4n) is 2.13. The normalized spacial score (nSPS) is 15.5. The molecule has 0 aliphatic carbocycles. The van der Waals surface area contributed by atoms with Crippen LogP contribution in [0.25, 0.3) is 0 Å². The summed E-state index contributed by atoms with van der Waals surface area (Å²) in [5, 5.41) is 15.7. The van der Waals surface area contributed by atoms with Gasteiger partial charge in [0.1, 0.15) is 11.4 Å². The molecule has 1 aliphatic rings. The van der Waals surface area contributed by atoms with E-state index in [0.717, 1.165) is 17.0 Å². The highest BCUT2D eigenvalue weighted by molar-refractivity contribution is 8.14. The van der Waals surface area contributed by atoms with Crippen molar-refractivity contribution >= 4 is 34.0 Å². The number of nitrogens with one attached hydrogen (secondary N) is 1. The summed E-state index contributed by atoms with van der Waals surface area (Å²) in [5.41, 5.74) is 5.36. The molecular formula is C16H14N4O3S. The Morgan fingerprint density at radius 1 is 1.25 bits per heavy atom. The summed E-state index contributed by atoms with van der Waals surface area (Å²) in [6.07, 6.45) is 0. The lowest BCUT2D eigenvalue weighted by molar-refractivity contribution is -0.384. The Kier molecular flexibility index (Phi) is 4.76. The van der Waals surface area contributed by atoms with Crippen molar-refractivity contribution in [2.75, 3.05) is 12.9 Å². The first-order valence-electron chi connectivity index (χ1n) is 7.09. The summed E-state index contributed by atoms with van der Waals surface area (Å²) >= 11 is 1.51. The zero-order chi connectivity index (χ0) is 16.9. The van der Waals surface area contributed by atoms with Crippen LogP contribution in [0.5, 0.6) is 5.75 Å². The number of benzene rings is 2. The van der Waals surface area contributed by atoms with Gasteiger partial charge in [0.05, 0.1) is 17.7 Å². The average molecular weight is 342 g/mol. The van der Waals surface area contributed by atoms with E-state index in [9.17, 15) is 10.1 Å². The molecule has 0 bridgehead atoms. The number of hydrazone groups is 1. The molecule has 122 valence electrons. The molecule has 0 saturated carbocycles. The van der Waals surface area contributed by atoms with Crippen molar-refractivity contribution in [3.05, 3.63) is 64.2 Å². The summed E-state index contributed by atoms with van der Waals surface area (Å²) in [6.45, 7) is 0. The number of nitrogens with zero attached hydrogens (tertiary/aromatic N) is 3. The van der Waals surface area contributed by atoms with Crippen molar-refractivity contribution in [3.63, 3.8) is 0 Å². The van der Waals surface area contributed by atoms with Crippen molar-refractivity contribution in [1.29, 1.82) is 0 Å². The molecular weight excluding hydrogens is 328 g/mol. The number of para-hydroxylation sites is 2. The van der Waals surface area contributed by atoms with Gasteiger partial charge in [-0.05, 0) is 29.8 Å². The molecule has 0 radical (unpaired) electrons. The van der Waals surface area contributed by atoms with Crippen LogP contribution in [0.3, 0.4) is 0 Å². The third kappa shape index (κ3) is 3.54. The molecule has 0 spiro atoms. The van der Waals surface area contributed by atoms with Crippen LogP contribution in [0.2, 0.25) is 0 Å². The van der Waals surface area contributed by atoms with Crippen LogP contribution >= 0.6 is 11.8 Å². The van der Waals surface area contributed by atoms with E-state index in [1.807, 2.05) is 24.3 Å². The molecule has 7 nitrogen and oxygen atoms in total. The number of hydrogen-bond acceptors (Lipinski definition) is 6. The molecule has 1 heterocycles. The molecule has 0 fully saturated rings. The van der Waals surface area contributed by atoms with E-state index in [4.69, 9.17) is 4.74 Å². The quantitative estimate of drug-likeness (QED) is 0.680. The Bertz CT molecular complexity index is 818. The van der Waals surface area contributed by atoms with Crippen LogP contribution in [0.1, 0.15) is 5.56 Å². The van der Waals surface area contributed by atoms with Gasteiger partial charge in [-0.2, -0.15) is 5.10 Å². The molecule has 8 heteroatoms. The van der Waals surface area contributed by atoms with Crippen molar-refractivity contribution in [2.45, 2.75) is 0 Å². The van der Waals surface area contributed by atoms with Crippen LogP contribution in [-0.2, 0) is 0 Å². The molecule has 2 aromatic rings. The highest BCUT2D eigenvalue weighted by atomic mass is 32.2. The molecule has 0 unspecified atom stereocenters. The minimum Gasteiger partial charge on any atom is -0.494 e. The lowest BCUT2D eigenvalue weighted by Crippen LogP contribution is -2.25. The molecule has 0 saturated heterocycles. The number of ether oxygens (including phenoxy) is 1. The third-order valence-electron chi connectivity index (χ3n) is 3.35. The highest BCUT2D eigenvalue weighted by Crippen LogP contribution is 2.28. The summed E-state index contributed by atoms with van der Waals surface area (Å²) in [7, 11) is 1.60. The number of methoxy groups -OCH3 is 1. The van der Waals surface area contributed by atoms with Gasteiger partial charge < -0.3 is 4.74 Å². The van der Waals surface area contributed by atoms with Crippen molar-refractivity contribution < 1.29 is 9.66 Å². The highest BCUT2D eigenvalue weighted by Gasteiger charge is 2.15. The number of hydrogen-bond donors (Lipinski definition) is 1. The van der Waals surface area contributed by atoms with E-state index in [1.54, 1.807) is 19.2 Å². The van der Waals surface area contributed by atoms with Crippen LogP contribution in [0, 0.1) is 10.1 Å². The SMILES string of the molecule is COc1ccccc1N=C1NN=C(c2ccc([N+](=O)[O-])cc2)CS1. The Hall–Kier alpha value is -2.87. The molecule has 24 heavy (non-hydrogen) atoms. The number of nitro benzene ring substituents is 1. The van der Waals surface area contributed by atoms with Crippen LogP contribution in [-0.4, -0.2) is 28.7 Å². The number of amidine groups is 1. The maximum absolute atomic E-state index is 10.7. The lowest BCUT2D eigenvalue weighted by Gasteiger charge is -2.15. The molecule has 2 aromatic carbocycles. The Morgan fingerprint density at radius 2 is 2.00 bits per heavy atom. The maximum atomic E-state index is 10.7. The van der Waals surface area contributed by atoms with E-state index in [0.29, 0.717) is 16.7 Å². The van der Waals surface area contributed by atoms with Crippen molar-refractivity contribution in [3.8, 4) is 5.75 Å². The maximum Gasteiger partial charge on any atom is 0.269 e. The second-order valence-corrected chi connectivity index (χ2v) is 5.82. The standard InChI is InChI=1S/C16H14N4O3S/c1-23-15-5-3-2-4-13(15)17-16-19-18-14(10-24-16)11-6-8-12(9-7-11)20(21)22/h2-9H,10H2,1H3,(H,17,19). The Morgan fingerprint density at radius 3 is 2.62 bits per heavy atom. The predicted molar refractivity (Wildman–Crippen MR) is 95.3 cm³/mol. The van der Waals surface area contributed by atoms with E-state index in [2.05, 4.69) is 15.5 Å². The third-order valence-corrected chi connectivity index (χ3v) is 4.22. The number of thioether (sulfide) groups is 1. The van der Waals surface area contributed by atoms with Gasteiger partial charge in [0.15, 0.2) is 5.17 Å². The van der Waals surface area contributed by atoms with Crippen molar-refractivity contribution in [1.82, 2.24) is 5.43 Å². The van der Waals surface area contributed by atoms with Gasteiger partial charge >= 0.3 is 0 Å². The van der Waals surface area contributed by atoms with Crippen molar-refractivity contribution in [2.24, 2.45) is 10.1 Å². The van der Waals surface area contributed by atoms with Crippen LogP contribution in [0.4, 0.5) is 11.4 Å². The summed E-state index contributed by atoms with van der Waals surface area (Å²) < 4.78 is 5.27. The molecule has 3 rings (SSSR count). The molecule has 1 N–H and O–H groups in total. The minimum absolute atomic E-state index is 0.0641. The van der Waals surface area contributed by atoms with Gasteiger partial charge in [0, 0.05) is 17.9 Å². The van der Waals surface area contributed by atoms with E-state index in [1.165, 1.54) is 23.9 Å². The lowest BCUT2D eigenvalue weighted by atomic mass is 10.1. The first kappa shape index (κ1) is 16.0. The first-order chi connectivity index (χ1) is 11.7.